The Hall–Kier alpha value is -2.45. The Kier molecular flexibility index (Phi) is 15.0. The number of carbonyl (C=O) groups excluding carboxylic acids is 2. The monoisotopic (exact) mass is 547 g/mol. The van der Waals surface area contributed by atoms with E-state index in [1.54, 1.807) is 16.7 Å². The molecule has 2 aromatic rings. The lowest BCUT2D eigenvalue weighted by atomic mass is 10.0. The summed E-state index contributed by atoms with van der Waals surface area (Å²) in [6, 6.07) is 11.5. The Morgan fingerprint density at radius 1 is 1.00 bits per heavy atom. The largest absolute Gasteiger partial charge is 0.351 e. The molecule has 0 spiro atoms. The second-order valence-corrected chi connectivity index (χ2v) is 10.6. The summed E-state index contributed by atoms with van der Waals surface area (Å²) in [5.41, 5.74) is 2.95. The number of unbranched alkanes of at least 4 members (excludes halogenated alkanes) is 2. The van der Waals surface area contributed by atoms with Gasteiger partial charge in [0.25, 0.3) is 0 Å². The highest BCUT2D eigenvalue weighted by Crippen LogP contribution is 2.12. The molecule has 0 aromatic heterocycles. The van der Waals surface area contributed by atoms with Crippen LogP contribution in [0.3, 0.4) is 0 Å². The van der Waals surface area contributed by atoms with Crippen LogP contribution in [0.1, 0.15) is 62.6 Å². The quantitative estimate of drug-likeness (QED) is 0.242. The summed E-state index contributed by atoms with van der Waals surface area (Å²) in [6.07, 6.45) is 7.07. The molecule has 0 radical (unpaired) electrons. The van der Waals surface area contributed by atoms with Gasteiger partial charge < -0.3 is 15.5 Å². The zero-order chi connectivity index (χ0) is 27.8. The van der Waals surface area contributed by atoms with Gasteiger partial charge in [0.15, 0.2) is 0 Å². The minimum absolute atomic E-state index is 0.0117. The average Bonchev–Trinajstić information content (AvgIpc) is 2.88. The maximum atomic E-state index is 13.8. The molecule has 0 saturated carbocycles. The third-order valence-electron chi connectivity index (χ3n) is 6.41. The standard InChI is InChI=1S/C30H43F2N3O2S/c1-4-6-7-14-35(30(37)12-15-38-3)22-29(36)34-28(19-25-17-26(31)20-27(32)18-25)11-13-33-21-24-10-8-9-23(5-2)16-24/h8-10,16-18,20,28,33H,4-7,11-15,19,21-22H2,1-3H3,(H,34,36)/t28-/m1/s1. The highest BCUT2D eigenvalue weighted by atomic mass is 32.2. The summed E-state index contributed by atoms with van der Waals surface area (Å²) < 4.78 is 27.6. The van der Waals surface area contributed by atoms with E-state index >= 15 is 0 Å². The second kappa shape index (κ2) is 17.9. The molecule has 38 heavy (non-hydrogen) atoms. The number of hydrogen-bond acceptors (Lipinski definition) is 4. The fourth-order valence-electron chi connectivity index (χ4n) is 4.35. The molecule has 0 bridgehead atoms. The first-order valence-corrected chi connectivity index (χ1v) is 15.0. The minimum atomic E-state index is -0.638. The van der Waals surface area contributed by atoms with Crippen molar-refractivity contribution in [1.29, 1.82) is 0 Å². The highest BCUT2D eigenvalue weighted by Gasteiger charge is 2.20. The van der Waals surface area contributed by atoms with Crippen LogP contribution in [0.25, 0.3) is 0 Å². The number of aryl methyl sites for hydroxylation is 1. The molecule has 0 unspecified atom stereocenters. The van der Waals surface area contributed by atoms with Crippen molar-refractivity contribution in [2.24, 2.45) is 0 Å². The molecule has 0 aliphatic carbocycles. The summed E-state index contributed by atoms with van der Waals surface area (Å²) in [6.45, 7) is 6.07. The summed E-state index contributed by atoms with van der Waals surface area (Å²) in [7, 11) is 0. The molecular formula is C30H43F2N3O2S. The Morgan fingerprint density at radius 2 is 1.74 bits per heavy atom. The number of nitrogens with zero attached hydrogens (tertiary/aromatic N) is 1. The molecule has 0 fully saturated rings. The summed E-state index contributed by atoms with van der Waals surface area (Å²) in [5.74, 6) is -0.839. The van der Waals surface area contributed by atoms with Gasteiger partial charge in [-0.3, -0.25) is 9.59 Å². The van der Waals surface area contributed by atoms with Crippen molar-refractivity contribution in [2.75, 3.05) is 31.6 Å². The van der Waals surface area contributed by atoms with E-state index in [2.05, 4.69) is 42.7 Å². The van der Waals surface area contributed by atoms with E-state index in [9.17, 15) is 18.4 Å². The SMILES string of the molecule is CCCCCN(CC(=O)N[C@H](CCNCc1cccc(CC)c1)Cc1cc(F)cc(F)c1)C(=O)CCSC. The summed E-state index contributed by atoms with van der Waals surface area (Å²) >= 11 is 1.60. The van der Waals surface area contributed by atoms with Gasteiger partial charge in [-0.15, -0.1) is 0 Å². The maximum Gasteiger partial charge on any atom is 0.239 e. The molecule has 0 aliphatic rings. The number of amides is 2. The fraction of sp³-hybridized carbons (Fsp3) is 0.533. The van der Waals surface area contributed by atoms with E-state index in [4.69, 9.17) is 0 Å². The van der Waals surface area contributed by atoms with Crippen LogP contribution in [-0.4, -0.2) is 54.4 Å². The second-order valence-electron chi connectivity index (χ2n) is 9.65. The van der Waals surface area contributed by atoms with Crippen LogP contribution in [-0.2, 0) is 29.0 Å². The van der Waals surface area contributed by atoms with Gasteiger partial charge in [-0.2, -0.15) is 11.8 Å². The zero-order valence-electron chi connectivity index (χ0n) is 23.0. The highest BCUT2D eigenvalue weighted by molar-refractivity contribution is 7.98. The van der Waals surface area contributed by atoms with Crippen LogP contribution in [0.5, 0.6) is 0 Å². The van der Waals surface area contributed by atoms with Crippen LogP contribution in [0.2, 0.25) is 0 Å². The van der Waals surface area contributed by atoms with Gasteiger partial charge in [0.2, 0.25) is 11.8 Å². The third-order valence-corrected chi connectivity index (χ3v) is 7.02. The molecule has 0 aliphatic heterocycles. The van der Waals surface area contributed by atoms with Gasteiger partial charge in [0.1, 0.15) is 11.6 Å². The molecule has 8 heteroatoms. The zero-order valence-corrected chi connectivity index (χ0v) is 23.8. The predicted molar refractivity (Wildman–Crippen MR) is 153 cm³/mol. The number of hydrogen-bond donors (Lipinski definition) is 2. The van der Waals surface area contributed by atoms with E-state index in [1.807, 2.05) is 12.3 Å². The molecule has 210 valence electrons. The van der Waals surface area contributed by atoms with Gasteiger partial charge in [0, 0.05) is 37.4 Å². The van der Waals surface area contributed by atoms with Crippen LogP contribution in [0.4, 0.5) is 8.78 Å². The molecule has 5 nitrogen and oxygen atoms in total. The number of benzene rings is 2. The molecule has 2 N–H and O–H groups in total. The Morgan fingerprint density at radius 3 is 2.42 bits per heavy atom. The third kappa shape index (κ3) is 12.4. The predicted octanol–water partition coefficient (Wildman–Crippen LogP) is 5.51. The number of thioether (sulfide) groups is 1. The van der Waals surface area contributed by atoms with E-state index < -0.39 is 11.6 Å². The van der Waals surface area contributed by atoms with Gasteiger partial charge in [-0.25, -0.2) is 8.78 Å². The fourth-order valence-corrected chi connectivity index (χ4v) is 4.72. The van der Waals surface area contributed by atoms with Gasteiger partial charge in [-0.1, -0.05) is 51.0 Å². The summed E-state index contributed by atoms with van der Waals surface area (Å²) in [4.78, 5) is 27.4. The van der Waals surface area contributed by atoms with Crippen molar-refractivity contribution in [3.05, 3.63) is 70.8 Å². The minimum Gasteiger partial charge on any atom is -0.351 e. The van der Waals surface area contributed by atoms with Gasteiger partial charge in [-0.05, 0) is 67.3 Å². The Labute approximate surface area is 231 Å². The first-order chi connectivity index (χ1) is 18.3. The van der Waals surface area contributed by atoms with E-state index in [0.29, 0.717) is 50.2 Å². The number of nitrogens with one attached hydrogen (secondary N) is 2. The van der Waals surface area contributed by atoms with Crippen molar-refractivity contribution in [1.82, 2.24) is 15.5 Å². The van der Waals surface area contributed by atoms with Crippen LogP contribution >= 0.6 is 11.8 Å². The molecule has 0 heterocycles. The lowest BCUT2D eigenvalue weighted by Crippen LogP contribution is -2.46. The molecule has 0 saturated heterocycles. The van der Waals surface area contributed by atoms with E-state index in [1.165, 1.54) is 23.3 Å². The topological polar surface area (TPSA) is 61.4 Å². The molecule has 2 rings (SSSR count). The molecule has 2 aromatic carbocycles. The van der Waals surface area contributed by atoms with Crippen molar-refractivity contribution in [3.8, 4) is 0 Å². The lowest BCUT2D eigenvalue weighted by molar-refractivity contribution is -0.136. The van der Waals surface area contributed by atoms with Crippen molar-refractivity contribution < 1.29 is 18.4 Å². The molecule has 2 amide bonds. The van der Waals surface area contributed by atoms with E-state index in [-0.39, 0.29) is 24.4 Å². The normalized spacial score (nSPS) is 11.8. The first-order valence-electron chi connectivity index (χ1n) is 13.6. The van der Waals surface area contributed by atoms with Crippen LogP contribution < -0.4 is 10.6 Å². The summed E-state index contributed by atoms with van der Waals surface area (Å²) in [5, 5.41) is 6.45. The molecular weight excluding hydrogens is 504 g/mol. The smallest absolute Gasteiger partial charge is 0.239 e. The van der Waals surface area contributed by atoms with Crippen molar-refractivity contribution >= 4 is 23.6 Å². The maximum absolute atomic E-state index is 13.8. The Balaban J connectivity index is 2.03. The Bertz CT molecular complexity index is 985. The number of halogens is 2. The van der Waals surface area contributed by atoms with Crippen LogP contribution in [0.15, 0.2) is 42.5 Å². The van der Waals surface area contributed by atoms with E-state index in [0.717, 1.165) is 31.7 Å². The first kappa shape index (κ1) is 31.8. The lowest BCUT2D eigenvalue weighted by Gasteiger charge is -2.25. The van der Waals surface area contributed by atoms with Gasteiger partial charge >= 0.3 is 0 Å². The van der Waals surface area contributed by atoms with Crippen LogP contribution in [0, 0.1) is 11.6 Å². The molecule has 1 atom stereocenters. The van der Waals surface area contributed by atoms with Crippen molar-refractivity contribution in [3.63, 3.8) is 0 Å². The van der Waals surface area contributed by atoms with Crippen molar-refractivity contribution in [2.45, 2.75) is 71.4 Å². The number of carbonyl (C=O) groups is 2. The van der Waals surface area contributed by atoms with Gasteiger partial charge in [0.05, 0.1) is 6.54 Å². The number of rotatable bonds is 18. The average molecular weight is 548 g/mol.